The van der Waals surface area contributed by atoms with Gasteiger partial charge in [0.1, 0.15) is 0 Å². The molecule has 2 aliphatic rings. The predicted molar refractivity (Wildman–Crippen MR) is 112 cm³/mol. The quantitative estimate of drug-likeness (QED) is 0.247. The minimum absolute atomic E-state index is 0.490. The molecule has 4 nitrogen and oxygen atoms in total. The van der Waals surface area contributed by atoms with Crippen LogP contribution < -0.4 is 7.74 Å². The summed E-state index contributed by atoms with van der Waals surface area (Å²) in [5, 5.41) is 0. The Hall–Kier alpha value is -3.41. The van der Waals surface area contributed by atoms with Crippen molar-refractivity contribution in [3.63, 3.8) is 0 Å². The molecule has 0 N–H and O–H groups in total. The molecule has 2 aromatic rings. The first-order valence-corrected chi connectivity index (χ1v) is 13.2. The first kappa shape index (κ1) is 22.8. The number of benzene rings is 2. The van der Waals surface area contributed by atoms with Crippen molar-refractivity contribution in [3.8, 4) is 0 Å². The summed E-state index contributed by atoms with van der Waals surface area (Å²) in [6.07, 6.45) is 15.6. The first-order valence-electron chi connectivity index (χ1n) is 9.79. The monoisotopic (exact) mass is 486 g/mol. The zero-order valence-electron chi connectivity index (χ0n) is 16.8. The second kappa shape index (κ2) is 9.22. The Bertz CT molecular complexity index is 1230. The summed E-state index contributed by atoms with van der Waals surface area (Å²) in [7, 11) is 0. The summed E-state index contributed by atoms with van der Waals surface area (Å²) in [5.74, 6) is -4.38. The van der Waals surface area contributed by atoms with E-state index >= 15 is 17.6 Å². The summed E-state index contributed by atoms with van der Waals surface area (Å²) in [5.41, 5.74) is -0.979. The molecule has 0 amide bonds. The fourth-order valence-electron chi connectivity index (χ4n) is 4.60. The second-order valence-corrected chi connectivity index (χ2v) is 13.7. The average molecular weight is 486 g/mol. The Labute approximate surface area is 189 Å². The Balaban J connectivity index is 2.24. The van der Waals surface area contributed by atoms with Crippen LogP contribution in [0.4, 0.5) is 28.9 Å². The third-order valence-corrected chi connectivity index (χ3v) is 14.4. The number of carbonyl (C=O) groups excluding carboxylic acids is 2. The van der Waals surface area contributed by atoms with Crippen LogP contribution >= 0.6 is 0 Å². The zero-order valence-corrected chi connectivity index (χ0v) is 18.4. The van der Waals surface area contributed by atoms with Gasteiger partial charge in [-0.15, -0.1) is 0 Å². The Kier molecular flexibility index (Phi) is 6.36. The van der Waals surface area contributed by atoms with E-state index in [1.54, 1.807) is 48.6 Å². The fraction of sp³-hybridized carbons (Fsp3) is 0.0833. The summed E-state index contributed by atoms with van der Waals surface area (Å²) in [6.45, 7) is 0. The van der Waals surface area contributed by atoms with Crippen molar-refractivity contribution in [1.29, 1.82) is 0 Å². The molecule has 0 unspecified atom stereocenters. The summed E-state index contributed by atoms with van der Waals surface area (Å²) in [6, 6.07) is 3.77. The molecule has 0 fully saturated rings. The maximum atomic E-state index is 15.8. The van der Waals surface area contributed by atoms with Crippen molar-refractivity contribution in [2.45, 2.75) is 8.45 Å². The number of rotatable bonds is 6. The van der Waals surface area contributed by atoms with Gasteiger partial charge >= 0.3 is 190 Å². The van der Waals surface area contributed by atoms with Crippen LogP contribution in [0, 0.1) is 23.3 Å². The van der Waals surface area contributed by atoms with Crippen molar-refractivity contribution in [2.24, 2.45) is 9.98 Å². The molecule has 0 spiro atoms. The molecular weight excluding hydrogens is 472 g/mol. The SMILES string of the molecule is O=C=Nc1ccc(F)[c]([Ti]([c]2c(F)ccc(N=C=O)c2F)([CH]2C=CC=C2)[CH]2C=CC=C2)c1F. The molecule has 9 heteroatoms. The van der Waals surface area contributed by atoms with E-state index < -0.39 is 67.4 Å². The van der Waals surface area contributed by atoms with Crippen LogP contribution in [0.15, 0.2) is 82.9 Å². The van der Waals surface area contributed by atoms with Crippen LogP contribution in [0.3, 0.4) is 0 Å². The molecule has 0 saturated heterocycles. The number of isocyanates is 2. The molecule has 4 rings (SSSR count). The topological polar surface area (TPSA) is 58.9 Å². The van der Waals surface area contributed by atoms with Gasteiger partial charge in [-0.2, -0.15) is 0 Å². The molecule has 0 atom stereocenters. The number of hydrogen-bond acceptors (Lipinski definition) is 4. The van der Waals surface area contributed by atoms with Crippen LogP contribution in [0.5, 0.6) is 0 Å². The van der Waals surface area contributed by atoms with Gasteiger partial charge in [-0.25, -0.2) is 0 Å². The van der Waals surface area contributed by atoms with Gasteiger partial charge in [-0.3, -0.25) is 0 Å². The van der Waals surface area contributed by atoms with Crippen molar-refractivity contribution >= 4 is 31.3 Å². The Morgan fingerprint density at radius 2 is 1.00 bits per heavy atom. The van der Waals surface area contributed by atoms with E-state index in [1.807, 2.05) is 0 Å². The molecule has 0 aromatic heterocycles. The Morgan fingerprint density at radius 1 is 0.636 bits per heavy atom. The standard InChI is InChI=1S/2C7H2F2NO.2C5H5.Ti/c2*8-5-1-2-7(10-4-11)6(9)3-5;2*1-2-4-5-3-1;/h2*1-2H;2*1-5H;. The number of allylic oxidation sites excluding steroid dienone is 8. The van der Waals surface area contributed by atoms with Crippen molar-refractivity contribution in [2.75, 3.05) is 0 Å². The van der Waals surface area contributed by atoms with Gasteiger partial charge in [-0.1, -0.05) is 0 Å². The van der Waals surface area contributed by atoms with E-state index in [4.69, 9.17) is 0 Å². The molecule has 33 heavy (non-hydrogen) atoms. The summed E-state index contributed by atoms with van der Waals surface area (Å²) in [4.78, 5) is 28.3. The molecular formula is C24H14F4N2O2Ti. The van der Waals surface area contributed by atoms with E-state index in [0.29, 0.717) is 0 Å². The molecule has 0 saturated carbocycles. The van der Waals surface area contributed by atoms with Crippen LogP contribution in [0.2, 0.25) is 8.45 Å². The van der Waals surface area contributed by atoms with Gasteiger partial charge in [0, 0.05) is 0 Å². The van der Waals surface area contributed by atoms with Gasteiger partial charge in [0.25, 0.3) is 0 Å². The van der Waals surface area contributed by atoms with E-state index in [1.165, 1.54) is 12.2 Å². The molecule has 0 bridgehead atoms. The second-order valence-electron chi connectivity index (χ2n) is 7.38. The number of hydrogen-bond donors (Lipinski definition) is 0. The van der Waals surface area contributed by atoms with E-state index in [2.05, 4.69) is 9.98 Å². The molecule has 0 heterocycles. The zero-order chi connectivity index (χ0) is 23.6. The van der Waals surface area contributed by atoms with Gasteiger partial charge in [0.15, 0.2) is 0 Å². The van der Waals surface area contributed by atoms with Crippen molar-refractivity contribution < 1.29 is 43.7 Å². The summed E-state index contributed by atoms with van der Waals surface area (Å²) >= 11 is -4.96. The molecule has 0 aliphatic heterocycles. The Morgan fingerprint density at radius 3 is 1.33 bits per heavy atom. The van der Waals surface area contributed by atoms with Crippen LogP contribution in [0.25, 0.3) is 0 Å². The van der Waals surface area contributed by atoms with Crippen molar-refractivity contribution in [1.82, 2.24) is 0 Å². The third-order valence-electron chi connectivity index (χ3n) is 5.85. The van der Waals surface area contributed by atoms with Crippen LogP contribution in [0.1, 0.15) is 0 Å². The molecule has 2 aliphatic carbocycles. The van der Waals surface area contributed by atoms with Gasteiger partial charge < -0.3 is 0 Å². The van der Waals surface area contributed by atoms with Crippen molar-refractivity contribution in [3.05, 3.63) is 96.1 Å². The third kappa shape index (κ3) is 3.63. The summed E-state index contributed by atoms with van der Waals surface area (Å²) < 4.78 is 60.2. The average Bonchev–Trinajstić information content (AvgIpc) is 3.51. The van der Waals surface area contributed by atoms with Crippen LogP contribution in [-0.4, -0.2) is 12.2 Å². The van der Waals surface area contributed by atoms with E-state index in [9.17, 15) is 9.59 Å². The van der Waals surface area contributed by atoms with Gasteiger partial charge in [-0.05, 0) is 0 Å². The fourth-order valence-corrected chi connectivity index (χ4v) is 13.4. The molecule has 2 aromatic carbocycles. The number of aliphatic imine (C=N–C) groups is 2. The first-order chi connectivity index (χ1) is 16.0. The molecule has 164 valence electrons. The minimum atomic E-state index is -4.96. The predicted octanol–water partition coefficient (Wildman–Crippen LogP) is 5.11. The number of halogens is 4. The number of nitrogens with zero attached hydrogens (tertiary/aromatic N) is 2. The maximum absolute atomic E-state index is 15.8. The van der Waals surface area contributed by atoms with E-state index in [0.717, 1.165) is 24.3 Å². The van der Waals surface area contributed by atoms with Gasteiger partial charge in [0.05, 0.1) is 0 Å². The molecule has 0 radical (unpaired) electrons. The van der Waals surface area contributed by atoms with Gasteiger partial charge in [0.2, 0.25) is 0 Å². The van der Waals surface area contributed by atoms with Crippen LogP contribution in [-0.2, 0) is 26.2 Å². The van der Waals surface area contributed by atoms with E-state index in [-0.39, 0.29) is 0 Å². The normalized spacial score (nSPS) is 15.2.